The lowest BCUT2D eigenvalue weighted by atomic mass is 9.64. The largest absolute Gasteiger partial charge is 0.494 e. The lowest BCUT2D eigenvalue weighted by Gasteiger charge is -2.45. The Morgan fingerprint density at radius 3 is 2.45 bits per heavy atom. The van der Waals surface area contributed by atoms with Gasteiger partial charge in [0.05, 0.1) is 12.2 Å². The lowest BCUT2D eigenvalue weighted by molar-refractivity contribution is -0.0865. The van der Waals surface area contributed by atoms with E-state index in [9.17, 15) is 5.11 Å². The molecule has 0 aliphatic heterocycles. The van der Waals surface area contributed by atoms with E-state index in [0.717, 1.165) is 24.2 Å². The molecule has 0 spiro atoms. The first-order valence-corrected chi connectivity index (χ1v) is 7.93. The van der Waals surface area contributed by atoms with E-state index in [0.29, 0.717) is 24.4 Å². The molecule has 0 heterocycles. The lowest BCUT2D eigenvalue weighted by Crippen LogP contribution is -2.43. The van der Waals surface area contributed by atoms with Gasteiger partial charge in [0.15, 0.2) is 0 Å². The Hall–Kier alpha value is -1.02. The van der Waals surface area contributed by atoms with E-state index in [-0.39, 0.29) is 0 Å². The van der Waals surface area contributed by atoms with Crippen LogP contribution in [0.2, 0.25) is 0 Å². The van der Waals surface area contributed by atoms with Gasteiger partial charge >= 0.3 is 0 Å². The van der Waals surface area contributed by atoms with Crippen LogP contribution in [0.1, 0.15) is 52.5 Å². The summed E-state index contributed by atoms with van der Waals surface area (Å²) >= 11 is 0. The van der Waals surface area contributed by atoms with Gasteiger partial charge in [0.1, 0.15) is 5.75 Å². The second kappa shape index (κ2) is 6.17. The molecule has 112 valence electrons. The van der Waals surface area contributed by atoms with Crippen LogP contribution in [0.5, 0.6) is 5.75 Å². The molecule has 0 aromatic heterocycles. The van der Waals surface area contributed by atoms with Gasteiger partial charge in [-0.25, -0.2) is 0 Å². The van der Waals surface area contributed by atoms with Crippen molar-refractivity contribution in [2.75, 3.05) is 6.61 Å². The Kier molecular flexibility index (Phi) is 4.74. The minimum absolute atomic E-state index is 0.344. The van der Waals surface area contributed by atoms with Crippen LogP contribution in [-0.2, 0) is 5.60 Å². The van der Waals surface area contributed by atoms with E-state index in [1.807, 2.05) is 31.2 Å². The molecule has 1 saturated carbocycles. The summed E-state index contributed by atoms with van der Waals surface area (Å²) in [5, 5.41) is 11.3. The molecule has 1 aromatic carbocycles. The van der Waals surface area contributed by atoms with Crippen LogP contribution in [-0.4, -0.2) is 11.7 Å². The first-order chi connectivity index (χ1) is 9.47. The SMILES string of the molecule is CCOc1ccc(C2(O)CC(C)CCC2C(C)C)cc1. The number of benzene rings is 1. The molecule has 1 fully saturated rings. The van der Waals surface area contributed by atoms with Gasteiger partial charge < -0.3 is 9.84 Å². The average Bonchev–Trinajstić information content (AvgIpc) is 2.39. The normalized spacial score (nSPS) is 30.5. The number of ether oxygens (including phenoxy) is 1. The topological polar surface area (TPSA) is 29.5 Å². The number of hydrogen-bond donors (Lipinski definition) is 1. The smallest absolute Gasteiger partial charge is 0.119 e. The molecule has 1 aliphatic carbocycles. The van der Waals surface area contributed by atoms with Crippen LogP contribution in [0.15, 0.2) is 24.3 Å². The minimum atomic E-state index is -0.684. The molecule has 1 aromatic rings. The van der Waals surface area contributed by atoms with Gasteiger partial charge in [0.2, 0.25) is 0 Å². The zero-order valence-electron chi connectivity index (χ0n) is 13.2. The Balaban J connectivity index is 2.29. The van der Waals surface area contributed by atoms with Gasteiger partial charge in [-0.05, 0) is 55.2 Å². The second-order valence-electron chi connectivity index (χ2n) is 6.62. The van der Waals surface area contributed by atoms with Crippen LogP contribution in [0.4, 0.5) is 0 Å². The Morgan fingerprint density at radius 2 is 1.90 bits per heavy atom. The fourth-order valence-corrected chi connectivity index (χ4v) is 3.71. The summed E-state index contributed by atoms with van der Waals surface area (Å²) in [4.78, 5) is 0. The zero-order chi connectivity index (χ0) is 14.8. The molecule has 1 N–H and O–H groups in total. The van der Waals surface area contributed by atoms with Crippen molar-refractivity contribution in [3.05, 3.63) is 29.8 Å². The highest BCUT2D eigenvalue weighted by atomic mass is 16.5. The third kappa shape index (κ3) is 3.01. The van der Waals surface area contributed by atoms with Gasteiger partial charge in [0.25, 0.3) is 0 Å². The van der Waals surface area contributed by atoms with Crippen molar-refractivity contribution in [2.45, 2.75) is 52.6 Å². The van der Waals surface area contributed by atoms with Crippen LogP contribution < -0.4 is 4.74 Å². The Labute approximate surface area is 123 Å². The zero-order valence-corrected chi connectivity index (χ0v) is 13.2. The van der Waals surface area contributed by atoms with Crippen molar-refractivity contribution in [3.63, 3.8) is 0 Å². The van der Waals surface area contributed by atoms with Crippen molar-refractivity contribution in [3.8, 4) is 5.75 Å². The molecular weight excluding hydrogens is 248 g/mol. The number of hydrogen-bond acceptors (Lipinski definition) is 2. The molecular formula is C18H28O2. The van der Waals surface area contributed by atoms with Crippen molar-refractivity contribution in [2.24, 2.45) is 17.8 Å². The molecule has 20 heavy (non-hydrogen) atoms. The van der Waals surface area contributed by atoms with Gasteiger partial charge in [0, 0.05) is 0 Å². The molecule has 0 saturated heterocycles. The van der Waals surface area contributed by atoms with Crippen LogP contribution >= 0.6 is 0 Å². The standard InChI is InChI=1S/C18H28O2/c1-5-20-16-9-7-15(8-10-16)18(19)12-14(4)6-11-17(18)13(2)3/h7-10,13-14,17,19H,5-6,11-12H2,1-4H3. The molecule has 0 radical (unpaired) electrons. The predicted octanol–water partition coefficient (Wildman–Crippen LogP) is 4.37. The van der Waals surface area contributed by atoms with Gasteiger partial charge in [-0.2, -0.15) is 0 Å². The van der Waals surface area contributed by atoms with E-state index in [2.05, 4.69) is 20.8 Å². The maximum Gasteiger partial charge on any atom is 0.119 e. The van der Waals surface area contributed by atoms with Crippen molar-refractivity contribution >= 4 is 0 Å². The molecule has 2 rings (SSSR count). The summed E-state index contributed by atoms with van der Waals surface area (Å²) in [6.45, 7) is 9.35. The van der Waals surface area contributed by atoms with E-state index in [1.54, 1.807) is 0 Å². The average molecular weight is 276 g/mol. The summed E-state index contributed by atoms with van der Waals surface area (Å²) < 4.78 is 5.49. The number of rotatable bonds is 4. The molecule has 2 nitrogen and oxygen atoms in total. The van der Waals surface area contributed by atoms with Crippen LogP contribution in [0.3, 0.4) is 0 Å². The summed E-state index contributed by atoms with van der Waals surface area (Å²) in [5.41, 5.74) is 0.363. The van der Waals surface area contributed by atoms with Crippen LogP contribution in [0, 0.1) is 17.8 Å². The first-order valence-electron chi connectivity index (χ1n) is 7.93. The van der Waals surface area contributed by atoms with Gasteiger partial charge in [-0.3, -0.25) is 0 Å². The molecule has 3 unspecified atom stereocenters. The summed E-state index contributed by atoms with van der Waals surface area (Å²) in [6, 6.07) is 8.04. The summed E-state index contributed by atoms with van der Waals surface area (Å²) in [6.07, 6.45) is 3.20. The van der Waals surface area contributed by atoms with Crippen molar-refractivity contribution in [1.29, 1.82) is 0 Å². The first kappa shape index (κ1) is 15.4. The maximum atomic E-state index is 11.3. The molecule has 0 bridgehead atoms. The van der Waals surface area contributed by atoms with E-state index in [1.165, 1.54) is 6.42 Å². The van der Waals surface area contributed by atoms with E-state index < -0.39 is 5.60 Å². The highest BCUT2D eigenvalue weighted by Crippen LogP contribution is 2.47. The highest BCUT2D eigenvalue weighted by Gasteiger charge is 2.43. The fourth-order valence-electron chi connectivity index (χ4n) is 3.71. The molecule has 0 amide bonds. The van der Waals surface area contributed by atoms with Gasteiger partial charge in [-0.1, -0.05) is 39.3 Å². The molecule has 1 aliphatic rings. The third-order valence-electron chi connectivity index (χ3n) is 4.71. The monoisotopic (exact) mass is 276 g/mol. The fraction of sp³-hybridized carbons (Fsp3) is 0.667. The van der Waals surface area contributed by atoms with E-state index in [4.69, 9.17) is 4.74 Å². The van der Waals surface area contributed by atoms with Crippen LogP contribution in [0.25, 0.3) is 0 Å². The van der Waals surface area contributed by atoms with Gasteiger partial charge in [-0.15, -0.1) is 0 Å². The molecule has 3 atom stereocenters. The summed E-state index contributed by atoms with van der Waals surface area (Å²) in [5.74, 6) is 2.31. The van der Waals surface area contributed by atoms with E-state index >= 15 is 0 Å². The summed E-state index contributed by atoms with van der Waals surface area (Å²) in [7, 11) is 0. The third-order valence-corrected chi connectivity index (χ3v) is 4.71. The maximum absolute atomic E-state index is 11.3. The predicted molar refractivity (Wildman–Crippen MR) is 82.9 cm³/mol. The van der Waals surface area contributed by atoms with Crippen molar-refractivity contribution < 1.29 is 9.84 Å². The highest BCUT2D eigenvalue weighted by molar-refractivity contribution is 5.32. The Morgan fingerprint density at radius 1 is 1.25 bits per heavy atom. The number of aliphatic hydroxyl groups is 1. The quantitative estimate of drug-likeness (QED) is 0.885. The second-order valence-corrected chi connectivity index (χ2v) is 6.62. The minimum Gasteiger partial charge on any atom is -0.494 e. The Bertz CT molecular complexity index is 424. The molecule has 2 heteroatoms. The van der Waals surface area contributed by atoms with Crippen molar-refractivity contribution in [1.82, 2.24) is 0 Å².